The summed E-state index contributed by atoms with van der Waals surface area (Å²) in [4.78, 5) is 0. The topological polar surface area (TPSA) is 46.2 Å². The number of aryl methyl sites for hydroxylation is 2. The third kappa shape index (κ3) is 5.80. The van der Waals surface area contributed by atoms with Crippen LogP contribution < -0.4 is 18.9 Å². The van der Waals surface area contributed by atoms with Gasteiger partial charge < -0.3 is 23.7 Å². The second-order valence-corrected chi connectivity index (χ2v) is 7.61. The minimum atomic E-state index is 0.342. The molecule has 29 heavy (non-hydrogen) atoms. The van der Waals surface area contributed by atoms with Crippen LogP contribution in [0.15, 0.2) is 36.4 Å². The first-order valence-electron chi connectivity index (χ1n) is 10.7. The summed E-state index contributed by atoms with van der Waals surface area (Å²) in [6.45, 7) is 2.41. The van der Waals surface area contributed by atoms with E-state index in [4.69, 9.17) is 23.7 Å². The Bertz CT molecular complexity index is 723. The molecule has 0 saturated carbocycles. The van der Waals surface area contributed by atoms with Crippen LogP contribution in [0.4, 0.5) is 0 Å². The highest BCUT2D eigenvalue weighted by atomic mass is 16.7. The van der Waals surface area contributed by atoms with Crippen molar-refractivity contribution >= 4 is 0 Å². The molecule has 5 heteroatoms. The Balaban J connectivity index is 0.979. The summed E-state index contributed by atoms with van der Waals surface area (Å²) in [6.07, 6.45) is 9.16. The molecule has 0 fully saturated rings. The van der Waals surface area contributed by atoms with Gasteiger partial charge in [0.2, 0.25) is 13.6 Å². The maximum atomic E-state index is 5.79. The van der Waals surface area contributed by atoms with Gasteiger partial charge in [0, 0.05) is 13.2 Å². The molecule has 2 aliphatic heterocycles. The van der Waals surface area contributed by atoms with Crippen molar-refractivity contribution in [1.29, 1.82) is 0 Å². The van der Waals surface area contributed by atoms with Gasteiger partial charge in [0.1, 0.15) is 0 Å². The lowest BCUT2D eigenvalue weighted by Gasteiger charge is -2.06. The molecule has 5 nitrogen and oxygen atoms in total. The van der Waals surface area contributed by atoms with E-state index in [1.54, 1.807) is 0 Å². The largest absolute Gasteiger partial charge is 0.454 e. The Morgan fingerprint density at radius 1 is 0.552 bits per heavy atom. The second kappa shape index (κ2) is 10.4. The zero-order valence-corrected chi connectivity index (χ0v) is 17.0. The van der Waals surface area contributed by atoms with Gasteiger partial charge in [0.05, 0.1) is 0 Å². The number of ether oxygens (including phenoxy) is 5. The van der Waals surface area contributed by atoms with Gasteiger partial charge in [-0.2, -0.15) is 0 Å². The molecule has 0 spiro atoms. The predicted molar refractivity (Wildman–Crippen MR) is 111 cm³/mol. The molecule has 0 unspecified atom stereocenters. The van der Waals surface area contributed by atoms with Crippen LogP contribution in [0.2, 0.25) is 0 Å². The van der Waals surface area contributed by atoms with Crippen LogP contribution in [0, 0.1) is 0 Å². The lowest BCUT2D eigenvalue weighted by atomic mass is 10.1. The molecule has 0 radical (unpaired) electrons. The monoisotopic (exact) mass is 398 g/mol. The van der Waals surface area contributed by atoms with E-state index < -0.39 is 0 Å². The van der Waals surface area contributed by atoms with Gasteiger partial charge in [-0.1, -0.05) is 25.0 Å². The summed E-state index contributed by atoms with van der Waals surface area (Å²) >= 11 is 0. The lowest BCUT2D eigenvalue weighted by molar-refractivity contribution is 0.126. The molecule has 156 valence electrons. The minimum absolute atomic E-state index is 0.342. The molecule has 0 aliphatic carbocycles. The highest BCUT2D eigenvalue weighted by Gasteiger charge is 2.13. The number of hydrogen-bond acceptors (Lipinski definition) is 5. The molecule has 2 aromatic rings. The van der Waals surface area contributed by atoms with E-state index in [9.17, 15) is 0 Å². The van der Waals surface area contributed by atoms with Crippen LogP contribution in [0.5, 0.6) is 23.0 Å². The van der Waals surface area contributed by atoms with Crippen molar-refractivity contribution in [3.63, 3.8) is 0 Å². The van der Waals surface area contributed by atoms with E-state index in [0.29, 0.717) is 13.6 Å². The summed E-state index contributed by atoms with van der Waals surface area (Å²) < 4.78 is 27.3. The van der Waals surface area contributed by atoms with Gasteiger partial charge >= 0.3 is 0 Å². The Morgan fingerprint density at radius 2 is 1.03 bits per heavy atom. The SMILES string of the molecule is c1cc2c(cc1CCCCCOCCCCCc1ccc3c(c1)OCO3)OCO2. The standard InChI is InChI=1S/C24H30O5/c1(3-7-19-9-11-21-23(15-19)28-17-26-21)5-13-25-14-6-2-4-8-20-10-12-22-24(16-20)29-18-27-22/h9-12,15-16H,1-8,13-14,17-18H2. The normalized spacial score (nSPS) is 13.8. The Kier molecular flexibility index (Phi) is 7.13. The molecule has 0 bridgehead atoms. The zero-order chi connectivity index (χ0) is 19.7. The number of rotatable bonds is 12. The van der Waals surface area contributed by atoms with Crippen LogP contribution >= 0.6 is 0 Å². The third-order valence-electron chi connectivity index (χ3n) is 5.38. The van der Waals surface area contributed by atoms with Crippen LogP contribution in [0.25, 0.3) is 0 Å². The van der Waals surface area contributed by atoms with Crippen molar-refractivity contribution in [2.75, 3.05) is 26.8 Å². The quantitative estimate of drug-likeness (QED) is 0.455. The predicted octanol–water partition coefficient (Wildman–Crippen LogP) is 5.29. The maximum Gasteiger partial charge on any atom is 0.231 e. The van der Waals surface area contributed by atoms with Crippen LogP contribution in [0.1, 0.15) is 49.7 Å². The van der Waals surface area contributed by atoms with Crippen LogP contribution in [-0.2, 0) is 17.6 Å². The molecule has 2 aromatic carbocycles. The number of hydrogen-bond donors (Lipinski definition) is 0. The lowest BCUT2D eigenvalue weighted by Crippen LogP contribution is -1.98. The summed E-state index contributed by atoms with van der Waals surface area (Å²) in [7, 11) is 0. The minimum Gasteiger partial charge on any atom is -0.454 e. The van der Waals surface area contributed by atoms with E-state index in [0.717, 1.165) is 61.9 Å². The zero-order valence-electron chi connectivity index (χ0n) is 17.0. The van der Waals surface area contributed by atoms with Crippen molar-refractivity contribution in [1.82, 2.24) is 0 Å². The smallest absolute Gasteiger partial charge is 0.231 e. The van der Waals surface area contributed by atoms with Crippen molar-refractivity contribution in [2.45, 2.75) is 51.4 Å². The molecular weight excluding hydrogens is 368 g/mol. The first-order chi connectivity index (χ1) is 14.4. The fourth-order valence-corrected chi connectivity index (χ4v) is 3.72. The van der Waals surface area contributed by atoms with Crippen molar-refractivity contribution in [3.8, 4) is 23.0 Å². The molecule has 2 aliphatic rings. The van der Waals surface area contributed by atoms with E-state index in [1.807, 2.05) is 12.1 Å². The number of fused-ring (bicyclic) bond motifs is 2. The van der Waals surface area contributed by atoms with E-state index >= 15 is 0 Å². The van der Waals surface area contributed by atoms with Crippen LogP contribution in [0.3, 0.4) is 0 Å². The molecule has 0 N–H and O–H groups in total. The summed E-state index contributed by atoms with van der Waals surface area (Å²) in [5.41, 5.74) is 2.63. The fourth-order valence-electron chi connectivity index (χ4n) is 3.72. The van der Waals surface area contributed by atoms with Crippen molar-refractivity contribution in [3.05, 3.63) is 47.5 Å². The molecule has 0 saturated heterocycles. The molecule has 4 rings (SSSR count). The summed E-state index contributed by atoms with van der Waals surface area (Å²) in [5.74, 6) is 3.48. The van der Waals surface area contributed by atoms with Crippen molar-refractivity contribution < 1.29 is 23.7 Å². The third-order valence-corrected chi connectivity index (χ3v) is 5.38. The maximum absolute atomic E-state index is 5.79. The molecule has 2 heterocycles. The van der Waals surface area contributed by atoms with Gasteiger partial charge in [0.25, 0.3) is 0 Å². The van der Waals surface area contributed by atoms with E-state index in [-0.39, 0.29) is 0 Å². The van der Waals surface area contributed by atoms with Crippen LogP contribution in [-0.4, -0.2) is 26.8 Å². The average molecular weight is 398 g/mol. The number of unbranched alkanes of at least 4 members (excludes halogenated alkanes) is 4. The molecular formula is C24H30O5. The highest BCUT2D eigenvalue weighted by molar-refractivity contribution is 5.45. The Hall–Kier alpha value is -2.40. The Morgan fingerprint density at radius 3 is 1.55 bits per heavy atom. The fraction of sp³-hybridized carbons (Fsp3) is 0.500. The first kappa shape index (κ1) is 19.9. The van der Waals surface area contributed by atoms with Gasteiger partial charge in [-0.25, -0.2) is 0 Å². The van der Waals surface area contributed by atoms with Crippen molar-refractivity contribution in [2.24, 2.45) is 0 Å². The molecule has 0 atom stereocenters. The van der Waals surface area contributed by atoms with E-state index in [2.05, 4.69) is 24.3 Å². The molecule has 0 amide bonds. The number of benzene rings is 2. The average Bonchev–Trinajstić information content (AvgIpc) is 3.40. The Labute approximate surface area is 172 Å². The van der Waals surface area contributed by atoms with Gasteiger partial charge in [0.15, 0.2) is 23.0 Å². The summed E-state index contributed by atoms with van der Waals surface area (Å²) in [6, 6.07) is 12.5. The highest BCUT2D eigenvalue weighted by Crippen LogP contribution is 2.33. The second-order valence-electron chi connectivity index (χ2n) is 7.61. The molecule has 0 aromatic heterocycles. The first-order valence-corrected chi connectivity index (χ1v) is 10.7. The van der Waals surface area contributed by atoms with Gasteiger partial charge in [-0.3, -0.25) is 0 Å². The van der Waals surface area contributed by atoms with Gasteiger partial charge in [-0.05, 0) is 73.9 Å². The summed E-state index contributed by atoms with van der Waals surface area (Å²) in [5, 5.41) is 0. The van der Waals surface area contributed by atoms with E-state index in [1.165, 1.54) is 36.8 Å². The van der Waals surface area contributed by atoms with Gasteiger partial charge in [-0.15, -0.1) is 0 Å².